The van der Waals surface area contributed by atoms with E-state index in [-0.39, 0.29) is 12.0 Å². The number of hydrogen-bond acceptors (Lipinski definition) is 1. The van der Waals surface area contributed by atoms with Gasteiger partial charge >= 0.3 is 0 Å². The SMILES string of the molecule is Cc1ccc(C)c([C@@H]2Nc3c(Cl)cc(Cl)c(Cl)c3[C@@H]3C=CC[C@@H]32)c1. The van der Waals surface area contributed by atoms with E-state index in [2.05, 4.69) is 49.5 Å². The van der Waals surface area contributed by atoms with Crippen LogP contribution in [0, 0.1) is 19.8 Å². The third kappa shape index (κ3) is 2.45. The van der Waals surface area contributed by atoms with Crippen LogP contribution in [0.4, 0.5) is 5.69 Å². The third-order valence-corrected chi connectivity index (χ3v) is 6.35. The maximum absolute atomic E-state index is 6.54. The van der Waals surface area contributed by atoms with E-state index in [1.165, 1.54) is 16.7 Å². The molecule has 2 aromatic carbocycles. The van der Waals surface area contributed by atoms with Crippen molar-refractivity contribution in [2.45, 2.75) is 32.2 Å². The summed E-state index contributed by atoms with van der Waals surface area (Å²) in [6, 6.07) is 8.57. The van der Waals surface area contributed by atoms with Crippen LogP contribution in [0.15, 0.2) is 36.4 Å². The molecule has 0 bridgehead atoms. The molecule has 1 nitrogen and oxygen atoms in total. The zero-order valence-corrected chi connectivity index (χ0v) is 15.8. The molecule has 24 heavy (non-hydrogen) atoms. The van der Waals surface area contributed by atoms with Crippen molar-refractivity contribution in [2.24, 2.45) is 5.92 Å². The Balaban J connectivity index is 1.90. The standard InChI is InChI=1S/C20H18Cl3N/c1-10-6-7-11(2)14(8-10)19-13-5-3-4-12(13)17-18(23)15(21)9-16(22)20(17)24-19/h3-4,6-9,12-13,19,24H,5H2,1-2H3/t12-,13+,19-/m1/s1. The van der Waals surface area contributed by atoms with Crippen molar-refractivity contribution in [3.05, 3.63) is 73.7 Å². The fraction of sp³-hybridized carbons (Fsp3) is 0.300. The van der Waals surface area contributed by atoms with Gasteiger partial charge in [-0.2, -0.15) is 0 Å². The molecule has 0 aromatic heterocycles. The number of halogens is 3. The molecule has 4 heteroatoms. The van der Waals surface area contributed by atoms with Crippen molar-refractivity contribution in [2.75, 3.05) is 5.32 Å². The van der Waals surface area contributed by atoms with Gasteiger partial charge in [0.25, 0.3) is 0 Å². The molecule has 2 aliphatic rings. The van der Waals surface area contributed by atoms with Crippen LogP contribution in [0.5, 0.6) is 0 Å². The van der Waals surface area contributed by atoms with Gasteiger partial charge < -0.3 is 5.32 Å². The number of rotatable bonds is 1. The maximum Gasteiger partial charge on any atom is 0.0656 e. The van der Waals surface area contributed by atoms with Gasteiger partial charge in [-0.1, -0.05) is 70.7 Å². The highest BCUT2D eigenvalue weighted by molar-refractivity contribution is 6.44. The molecule has 0 fully saturated rings. The Morgan fingerprint density at radius 1 is 1.04 bits per heavy atom. The fourth-order valence-electron chi connectivity index (χ4n) is 4.06. The smallest absolute Gasteiger partial charge is 0.0656 e. The second kappa shape index (κ2) is 5.98. The molecule has 0 amide bonds. The molecule has 0 spiro atoms. The first-order valence-electron chi connectivity index (χ1n) is 8.15. The first-order valence-corrected chi connectivity index (χ1v) is 9.28. The molecular weight excluding hydrogens is 361 g/mol. The summed E-state index contributed by atoms with van der Waals surface area (Å²) in [6.45, 7) is 4.30. The first-order chi connectivity index (χ1) is 11.5. The van der Waals surface area contributed by atoms with Crippen molar-refractivity contribution in [3.63, 3.8) is 0 Å². The van der Waals surface area contributed by atoms with Crippen LogP contribution in [-0.2, 0) is 0 Å². The summed E-state index contributed by atoms with van der Waals surface area (Å²) < 4.78 is 0. The van der Waals surface area contributed by atoms with E-state index in [1.807, 2.05) is 0 Å². The summed E-state index contributed by atoms with van der Waals surface area (Å²) in [4.78, 5) is 0. The lowest BCUT2D eigenvalue weighted by molar-refractivity contribution is 0.424. The molecule has 0 radical (unpaired) electrons. The van der Waals surface area contributed by atoms with Crippen LogP contribution in [0.1, 0.15) is 40.6 Å². The van der Waals surface area contributed by atoms with Crippen LogP contribution >= 0.6 is 34.8 Å². The minimum absolute atomic E-state index is 0.215. The predicted octanol–water partition coefficient (Wildman–Crippen LogP) is 7.09. The van der Waals surface area contributed by atoms with Gasteiger partial charge in [0.2, 0.25) is 0 Å². The lowest BCUT2D eigenvalue weighted by Crippen LogP contribution is -2.30. The van der Waals surface area contributed by atoms with Gasteiger partial charge in [0.15, 0.2) is 0 Å². The number of aryl methyl sites for hydroxylation is 2. The van der Waals surface area contributed by atoms with E-state index in [0.29, 0.717) is 21.0 Å². The maximum atomic E-state index is 6.54. The molecule has 124 valence electrons. The second-order valence-electron chi connectivity index (χ2n) is 6.78. The lowest BCUT2D eigenvalue weighted by atomic mass is 9.76. The average molecular weight is 379 g/mol. The van der Waals surface area contributed by atoms with Crippen molar-refractivity contribution in [1.29, 1.82) is 0 Å². The van der Waals surface area contributed by atoms with Gasteiger partial charge in [0.05, 0.1) is 26.8 Å². The Hall–Kier alpha value is -1.15. The highest BCUT2D eigenvalue weighted by Crippen LogP contribution is 2.55. The number of hydrogen-bond donors (Lipinski definition) is 1. The van der Waals surface area contributed by atoms with Gasteiger partial charge in [-0.3, -0.25) is 0 Å². The summed E-state index contributed by atoms with van der Waals surface area (Å²) in [5.41, 5.74) is 5.86. The van der Waals surface area contributed by atoms with Crippen molar-refractivity contribution in [3.8, 4) is 0 Å². The predicted molar refractivity (Wildman–Crippen MR) is 104 cm³/mol. The largest absolute Gasteiger partial charge is 0.376 e. The minimum atomic E-state index is 0.215. The highest BCUT2D eigenvalue weighted by atomic mass is 35.5. The molecule has 1 N–H and O–H groups in total. The molecule has 0 unspecified atom stereocenters. The monoisotopic (exact) mass is 377 g/mol. The Labute approximate surface area is 157 Å². The number of nitrogens with one attached hydrogen (secondary N) is 1. The zero-order valence-electron chi connectivity index (χ0n) is 13.5. The second-order valence-corrected chi connectivity index (χ2v) is 7.97. The van der Waals surface area contributed by atoms with Crippen LogP contribution in [0.3, 0.4) is 0 Å². The van der Waals surface area contributed by atoms with Gasteiger partial charge in [-0.05, 0) is 43.4 Å². The Kier molecular flexibility index (Phi) is 4.07. The quantitative estimate of drug-likeness (QED) is 0.412. The van der Waals surface area contributed by atoms with Gasteiger partial charge in [0.1, 0.15) is 0 Å². The van der Waals surface area contributed by atoms with Crippen LogP contribution < -0.4 is 5.32 Å². The Bertz CT molecular complexity index is 856. The van der Waals surface area contributed by atoms with Crippen LogP contribution in [0.25, 0.3) is 0 Å². The summed E-state index contributed by atoms with van der Waals surface area (Å²) in [7, 11) is 0. The molecule has 1 aliphatic carbocycles. The summed E-state index contributed by atoms with van der Waals surface area (Å²) in [6.07, 6.45) is 5.52. The van der Waals surface area contributed by atoms with E-state index in [4.69, 9.17) is 34.8 Å². The first kappa shape index (κ1) is 16.3. The molecule has 0 saturated carbocycles. The van der Waals surface area contributed by atoms with E-state index in [9.17, 15) is 0 Å². The molecule has 1 heterocycles. The molecular formula is C20H18Cl3N. The summed E-state index contributed by atoms with van der Waals surface area (Å²) in [5, 5.41) is 5.44. The molecule has 0 saturated heterocycles. The molecule has 1 aliphatic heterocycles. The molecule has 3 atom stereocenters. The minimum Gasteiger partial charge on any atom is -0.376 e. The average Bonchev–Trinajstić information content (AvgIpc) is 3.03. The van der Waals surface area contributed by atoms with Gasteiger partial charge in [-0.15, -0.1) is 0 Å². The van der Waals surface area contributed by atoms with E-state index < -0.39 is 0 Å². The topological polar surface area (TPSA) is 12.0 Å². The van der Waals surface area contributed by atoms with Crippen molar-refractivity contribution < 1.29 is 0 Å². The van der Waals surface area contributed by atoms with Gasteiger partial charge in [-0.25, -0.2) is 0 Å². The normalized spacial score (nSPS) is 24.5. The Morgan fingerprint density at radius 3 is 2.62 bits per heavy atom. The van der Waals surface area contributed by atoms with E-state index in [1.54, 1.807) is 6.07 Å². The number of benzene rings is 2. The molecule has 4 rings (SSSR count). The van der Waals surface area contributed by atoms with E-state index >= 15 is 0 Å². The zero-order chi connectivity index (χ0) is 17.0. The van der Waals surface area contributed by atoms with Gasteiger partial charge in [0, 0.05) is 11.5 Å². The van der Waals surface area contributed by atoms with Crippen LogP contribution in [-0.4, -0.2) is 0 Å². The van der Waals surface area contributed by atoms with Crippen LogP contribution in [0.2, 0.25) is 15.1 Å². The third-order valence-electron chi connectivity index (χ3n) is 5.25. The summed E-state index contributed by atoms with van der Waals surface area (Å²) in [5.74, 6) is 0.667. The van der Waals surface area contributed by atoms with Crippen molar-refractivity contribution in [1.82, 2.24) is 0 Å². The number of fused-ring (bicyclic) bond motifs is 3. The Morgan fingerprint density at radius 2 is 1.83 bits per heavy atom. The lowest BCUT2D eigenvalue weighted by Gasteiger charge is -2.39. The molecule has 2 aromatic rings. The summed E-state index contributed by atoms with van der Waals surface area (Å²) >= 11 is 19.3. The van der Waals surface area contributed by atoms with Crippen molar-refractivity contribution >= 4 is 40.5 Å². The highest BCUT2D eigenvalue weighted by Gasteiger charge is 2.40. The van der Waals surface area contributed by atoms with E-state index in [0.717, 1.165) is 17.7 Å². The number of anilines is 1. The number of allylic oxidation sites excluding steroid dienone is 2. The fourth-order valence-corrected chi connectivity index (χ4v) is 4.87.